The fourth-order valence-corrected chi connectivity index (χ4v) is 5.20. The van der Waals surface area contributed by atoms with Gasteiger partial charge in [-0.2, -0.15) is 0 Å². The molecule has 0 bridgehead atoms. The lowest BCUT2D eigenvalue weighted by Gasteiger charge is -2.30. The minimum atomic E-state index is -0.664. The zero-order valence-corrected chi connectivity index (χ0v) is 18.5. The molecule has 1 saturated carbocycles. The summed E-state index contributed by atoms with van der Waals surface area (Å²) in [4.78, 5) is 13.5. The van der Waals surface area contributed by atoms with Crippen LogP contribution in [0.15, 0.2) is 30.3 Å². The number of rotatable bonds is 6. The number of halogens is 1. The van der Waals surface area contributed by atoms with Crippen molar-refractivity contribution >= 4 is 28.3 Å². The van der Waals surface area contributed by atoms with Crippen LogP contribution >= 0.6 is 11.6 Å². The molecule has 4 nitrogen and oxygen atoms in total. The van der Waals surface area contributed by atoms with Crippen molar-refractivity contribution in [2.24, 2.45) is 11.8 Å². The Morgan fingerprint density at radius 1 is 1.10 bits per heavy atom. The van der Waals surface area contributed by atoms with Crippen molar-refractivity contribution in [1.29, 1.82) is 0 Å². The highest BCUT2D eigenvalue weighted by atomic mass is 35.5. The van der Waals surface area contributed by atoms with Crippen LogP contribution in [-0.2, 0) is 11.3 Å². The molecule has 0 spiro atoms. The van der Waals surface area contributed by atoms with Crippen LogP contribution in [0.5, 0.6) is 5.75 Å². The summed E-state index contributed by atoms with van der Waals surface area (Å²) in [5.74, 6) is 0.783. The molecule has 2 aliphatic rings. The molecule has 1 aliphatic heterocycles. The van der Waals surface area contributed by atoms with Crippen molar-refractivity contribution in [3.05, 3.63) is 40.9 Å². The third kappa shape index (κ3) is 4.92. The van der Waals surface area contributed by atoms with E-state index in [-0.39, 0.29) is 12.0 Å². The van der Waals surface area contributed by atoms with Gasteiger partial charge in [-0.15, -0.1) is 0 Å². The number of ether oxygens (including phenoxy) is 1. The predicted molar refractivity (Wildman–Crippen MR) is 121 cm³/mol. The number of nitrogens with zero attached hydrogens (tertiary/aromatic N) is 1. The van der Waals surface area contributed by atoms with Gasteiger partial charge in [0.05, 0.1) is 17.0 Å². The van der Waals surface area contributed by atoms with Gasteiger partial charge in [0.25, 0.3) is 0 Å². The molecule has 2 fully saturated rings. The second-order valence-electron chi connectivity index (χ2n) is 8.99. The Kier molecular flexibility index (Phi) is 6.84. The van der Waals surface area contributed by atoms with Gasteiger partial charge in [-0.1, -0.05) is 43.1 Å². The number of carboxylic acids is 1. The van der Waals surface area contributed by atoms with Gasteiger partial charge in [0, 0.05) is 11.9 Å². The topological polar surface area (TPSA) is 49.8 Å². The molecule has 2 aromatic carbocycles. The monoisotopic (exact) mass is 429 g/mol. The number of aliphatic carboxylic acids is 1. The summed E-state index contributed by atoms with van der Waals surface area (Å²) in [6, 6.07) is 10.5. The SMILES string of the molecule is CC[C@H]1CC[C@@H](Oc2ccc3ccc(CN4CCC(C(=O)O)CC4)cc3c2Cl)CC1. The van der Waals surface area contributed by atoms with Crippen molar-refractivity contribution < 1.29 is 14.6 Å². The third-order valence-electron chi connectivity index (χ3n) is 6.99. The number of fused-ring (bicyclic) bond motifs is 1. The molecule has 0 atom stereocenters. The van der Waals surface area contributed by atoms with Crippen LogP contribution in [0.2, 0.25) is 5.02 Å². The Morgan fingerprint density at radius 2 is 1.80 bits per heavy atom. The van der Waals surface area contributed by atoms with Crippen LogP contribution in [0.25, 0.3) is 10.8 Å². The maximum absolute atomic E-state index is 11.2. The van der Waals surface area contributed by atoms with Crippen LogP contribution in [0.4, 0.5) is 0 Å². The van der Waals surface area contributed by atoms with E-state index in [9.17, 15) is 9.90 Å². The normalized spacial score (nSPS) is 23.5. The smallest absolute Gasteiger partial charge is 0.306 e. The zero-order chi connectivity index (χ0) is 21.1. The minimum absolute atomic E-state index is 0.195. The molecule has 1 saturated heterocycles. The van der Waals surface area contributed by atoms with Gasteiger partial charge in [-0.3, -0.25) is 9.69 Å². The lowest BCUT2D eigenvalue weighted by Crippen LogP contribution is -2.35. The van der Waals surface area contributed by atoms with Crippen LogP contribution in [0, 0.1) is 11.8 Å². The standard InChI is InChI=1S/C25H32ClNO3/c1-2-17-4-8-21(9-5-17)30-23-10-7-19-6-3-18(15-22(19)24(23)26)16-27-13-11-20(12-14-27)25(28)29/h3,6-7,10,15,17,20-21H,2,4-5,8-9,11-14,16H2,1H3,(H,28,29)/t17-,21+. The first-order chi connectivity index (χ1) is 14.5. The lowest BCUT2D eigenvalue weighted by atomic mass is 9.86. The number of carboxylic acid groups (broad SMARTS) is 1. The molecule has 0 aromatic heterocycles. The third-order valence-corrected chi connectivity index (χ3v) is 7.38. The van der Waals surface area contributed by atoms with Crippen LogP contribution in [0.3, 0.4) is 0 Å². The maximum atomic E-state index is 11.2. The molecule has 30 heavy (non-hydrogen) atoms. The van der Waals surface area contributed by atoms with E-state index in [2.05, 4.69) is 36.1 Å². The molecule has 0 unspecified atom stereocenters. The number of hydrogen-bond acceptors (Lipinski definition) is 3. The van der Waals surface area contributed by atoms with E-state index in [0.717, 1.165) is 67.8 Å². The van der Waals surface area contributed by atoms with Crippen LogP contribution in [0.1, 0.15) is 57.4 Å². The number of hydrogen-bond donors (Lipinski definition) is 1. The molecule has 1 aliphatic carbocycles. The number of likely N-dealkylation sites (tertiary alicyclic amines) is 1. The summed E-state index contributed by atoms with van der Waals surface area (Å²) in [6.07, 6.45) is 7.69. The number of carbonyl (C=O) groups is 1. The molecule has 0 radical (unpaired) electrons. The van der Waals surface area contributed by atoms with Gasteiger partial charge in [-0.05, 0) is 80.6 Å². The molecule has 162 valence electrons. The van der Waals surface area contributed by atoms with Gasteiger partial charge >= 0.3 is 5.97 Å². The summed E-state index contributed by atoms with van der Waals surface area (Å²) in [5, 5.41) is 12.0. The Balaban J connectivity index is 1.44. The Bertz CT molecular complexity index is 883. The molecule has 1 heterocycles. The average Bonchev–Trinajstić information content (AvgIpc) is 2.77. The van der Waals surface area contributed by atoms with E-state index < -0.39 is 5.97 Å². The molecule has 2 aromatic rings. The molecular weight excluding hydrogens is 398 g/mol. The van der Waals surface area contributed by atoms with Gasteiger partial charge in [0.15, 0.2) is 0 Å². The largest absolute Gasteiger partial charge is 0.489 e. The van der Waals surface area contributed by atoms with Crippen LogP contribution in [-0.4, -0.2) is 35.2 Å². The highest BCUT2D eigenvalue weighted by Gasteiger charge is 2.25. The van der Waals surface area contributed by atoms with Gasteiger partial charge < -0.3 is 9.84 Å². The highest BCUT2D eigenvalue weighted by Crippen LogP contribution is 2.37. The van der Waals surface area contributed by atoms with E-state index in [0.29, 0.717) is 5.02 Å². The highest BCUT2D eigenvalue weighted by molar-refractivity contribution is 6.37. The second kappa shape index (κ2) is 9.57. The van der Waals surface area contributed by atoms with Crippen molar-refractivity contribution in [3.63, 3.8) is 0 Å². The van der Waals surface area contributed by atoms with E-state index in [1.807, 2.05) is 6.07 Å². The quantitative estimate of drug-likeness (QED) is 0.599. The van der Waals surface area contributed by atoms with Crippen molar-refractivity contribution in [3.8, 4) is 5.75 Å². The average molecular weight is 430 g/mol. The van der Waals surface area contributed by atoms with Crippen molar-refractivity contribution in [1.82, 2.24) is 4.90 Å². The minimum Gasteiger partial charge on any atom is -0.489 e. The summed E-state index contributed by atoms with van der Waals surface area (Å²) in [6.45, 7) is 4.75. The fraction of sp³-hybridized carbons (Fsp3) is 0.560. The van der Waals surface area contributed by atoms with E-state index in [1.54, 1.807) is 0 Å². The Morgan fingerprint density at radius 3 is 2.47 bits per heavy atom. The van der Waals surface area contributed by atoms with Gasteiger partial charge in [0.1, 0.15) is 5.75 Å². The molecule has 5 heteroatoms. The number of benzene rings is 2. The second-order valence-corrected chi connectivity index (χ2v) is 9.37. The van der Waals surface area contributed by atoms with Gasteiger partial charge in [0.2, 0.25) is 0 Å². The lowest BCUT2D eigenvalue weighted by molar-refractivity contribution is -0.143. The van der Waals surface area contributed by atoms with Crippen molar-refractivity contribution in [2.45, 2.75) is 64.5 Å². The Hall–Kier alpha value is -1.78. The predicted octanol–water partition coefficient (Wildman–Crippen LogP) is 6.14. The fourth-order valence-electron chi connectivity index (χ4n) is 4.93. The first-order valence-corrected chi connectivity index (χ1v) is 11.7. The van der Waals surface area contributed by atoms with E-state index in [4.69, 9.17) is 16.3 Å². The molecule has 4 rings (SSSR count). The summed E-state index contributed by atoms with van der Waals surface area (Å²) >= 11 is 6.78. The maximum Gasteiger partial charge on any atom is 0.306 e. The first kappa shape index (κ1) is 21.5. The zero-order valence-electron chi connectivity index (χ0n) is 17.8. The first-order valence-electron chi connectivity index (χ1n) is 11.4. The molecular formula is C25H32ClNO3. The van der Waals surface area contributed by atoms with E-state index >= 15 is 0 Å². The number of piperidine rings is 1. The summed E-state index contributed by atoms with van der Waals surface area (Å²) in [5.41, 5.74) is 1.21. The van der Waals surface area contributed by atoms with Crippen LogP contribution < -0.4 is 4.74 Å². The van der Waals surface area contributed by atoms with Crippen molar-refractivity contribution in [2.75, 3.05) is 13.1 Å². The van der Waals surface area contributed by atoms with Gasteiger partial charge in [-0.25, -0.2) is 0 Å². The Labute approximate surface area is 184 Å². The molecule has 0 amide bonds. The summed E-state index contributed by atoms with van der Waals surface area (Å²) in [7, 11) is 0. The summed E-state index contributed by atoms with van der Waals surface area (Å²) < 4.78 is 6.31. The molecule has 1 N–H and O–H groups in total. The van der Waals surface area contributed by atoms with E-state index in [1.165, 1.54) is 24.8 Å².